The van der Waals surface area contributed by atoms with Crippen LogP contribution in [-0.2, 0) is 14.6 Å². The van der Waals surface area contributed by atoms with E-state index in [4.69, 9.17) is 0 Å². The highest BCUT2D eigenvalue weighted by Gasteiger charge is 2.25. The number of hydrogen-bond donors (Lipinski definition) is 1. The summed E-state index contributed by atoms with van der Waals surface area (Å²) in [7, 11) is -3.30. The van der Waals surface area contributed by atoms with Crippen molar-refractivity contribution in [2.75, 3.05) is 31.1 Å². The van der Waals surface area contributed by atoms with E-state index in [0.29, 0.717) is 13.1 Å². The molecule has 1 fully saturated rings. The Morgan fingerprint density at radius 2 is 1.94 bits per heavy atom. The molecule has 1 saturated heterocycles. The molecule has 1 rings (SSSR count). The van der Waals surface area contributed by atoms with Gasteiger partial charge in [-0.05, 0) is 32.7 Å². The monoisotopic (exact) mass is 276 g/mol. The van der Waals surface area contributed by atoms with Crippen LogP contribution in [-0.4, -0.2) is 56.4 Å². The number of amides is 1. The van der Waals surface area contributed by atoms with Crippen LogP contribution in [0.25, 0.3) is 0 Å². The summed E-state index contributed by atoms with van der Waals surface area (Å²) in [6, 6.07) is -0.0960. The second kappa shape index (κ2) is 7.09. The first-order valence-electron chi connectivity index (χ1n) is 6.66. The third kappa shape index (κ3) is 5.35. The lowest BCUT2D eigenvalue weighted by atomic mass is 10.3. The molecule has 0 saturated carbocycles. The smallest absolute Gasteiger partial charge is 0.237 e. The second-order valence-corrected chi connectivity index (χ2v) is 7.11. The Morgan fingerprint density at radius 3 is 2.50 bits per heavy atom. The van der Waals surface area contributed by atoms with Gasteiger partial charge in [0.1, 0.15) is 5.75 Å². The quantitative estimate of drug-likeness (QED) is 0.731. The molecule has 1 unspecified atom stereocenters. The lowest BCUT2D eigenvalue weighted by Gasteiger charge is -2.17. The molecule has 1 amide bonds. The number of rotatable bonds is 7. The third-order valence-corrected chi connectivity index (χ3v) is 4.74. The fraction of sp³-hybridized carbons (Fsp3) is 0.917. The number of sulfone groups is 1. The summed E-state index contributed by atoms with van der Waals surface area (Å²) in [5.74, 6) is -0.548. The first-order chi connectivity index (χ1) is 8.44. The van der Waals surface area contributed by atoms with Crippen LogP contribution in [0.2, 0.25) is 0 Å². The SMILES string of the molecule is CCCNC(C)CS(=O)(=O)CC(=O)N1CCCC1. The Labute approximate surface area is 110 Å². The first kappa shape index (κ1) is 15.4. The maximum absolute atomic E-state index is 11.9. The molecule has 0 bridgehead atoms. The van der Waals surface area contributed by atoms with E-state index in [0.717, 1.165) is 25.8 Å². The van der Waals surface area contributed by atoms with Gasteiger partial charge in [-0.15, -0.1) is 0 Å². The largest absolute Gasteiger partial charge is 0.342 e. The summed E-state index contributed by atoms with van der Waals surface area (Å²) in [4.78, 5) is 13.4. The van der Waals surface area contributed by atoms with Crippen molar-refractivity contribution in [2.24, 2.45) is 0 Å². The van der Waals surface area contributed by atoms with Gasteiger partial charge in [0.2, 0.25) is 5.91 Å². The molecular formula is C12H24N2O3S. The zero-order chi connectivity index (χ0) is 13.6. The number of nitrogens with one attached hydrogen (secondary N) is 1. The minimum Gasteiger partial charge on any atom is -0.342 e. The van der Waals surface area contributed by atoms with Gasteiger partial charge in [0.05, 0.1) is 5.75 Å². The minimum absolute atomic E-state index is 0.0343. The summed E-state index contributed by atoms with van der Waals surface area (Å²) in [5.41, 5.74) is 0. The van der Waals surface area contributed by atoms with Crippen molar-refractivity contribution >= 4 is 15.7 Å². The highest BCUT2D eigenvalue weighted by atomic mass is 32.2. The molecule has 0 aromatic carbocycles. The predicted molar refractivity (Wildman–Crippen MR) is 72.2 cm³/mol. The van der Waals surface area contributed by atoms with Gasteiger partial charge >= 0.3 is 0 Å². The molecule has 1 N–H and O–H groups in total. The van der Waals surface area contributed by atoms with Crippen LogP contribution in [0.4, 0.5) is 0 Å². The van der Waals surface area contributed by atoms with Crippen LogP contribution in [0.5, 0.6) is 0 Å². The van der Waals surface area contributed by atoms with Crippen LogP contribution in [0.1, 0.15) is 33.1 Å². The molecule has 1 atom stereocenters. The van der Waals surface area contributed by atoms with E-state index in [9.17, 15) is 13.2 Å². The molecule has 0 radical (unpaired) electrons. The molecule has 1 heterocycles. The van der Waals surface area contributed by atoms with E-state index >= 15 is 0 Å². The van der Waals surface area contributed by atoms with Gasteiger partial charge in [0, 0.05) is 19.1 Å². The summed E-state index contributed by atoms with van der Waals surface area (Å²) < 4.78 is 23.8. The van der Waals surface area contributed by atoms with Gasteiger partial charge < -0.3 is 10.2 Å². The van der Waals surface area contributed by atoms with Crippen molar-refractivity contribution < 1.29 is 13.2 Å². The molecule has 6 heteroatoms. The van der Waals surface area contributed by atoms with Crippen LogP contribution in [0, 0.1) is 0 Å². The highest BCUT2D eigenvalue weighted by molar-refractivity contribution is 7.92. The van der Waals surface area contributed by atoms with Crippen molar-refractivity contribution in [3.05, 3.63) is 0 Å². The Bertz CT molecular complexity index is 362. The van der Waals surface area contributed by atoms with Crippen molar-refractivity contribution in [2.45, 2.75) is 39.2 Å². The molecular weight excluding hydrogens is 252 g/mol. The Kier molecular flexibility index (Phi) is 6.08. The second-order valence-electron chi connectivity index (χ2n) is 5.00. The van der Waals surface area contributed by atoms with Gasteiger partial charge in [0.15, 0.2) is 9.84 Å². The third-order valence-electron chi connectivity index (χ3n) is 3.05. The topological polar surface area (TPSA) is 66.5 Å². The highest BCUT2D eigenvalue weighted by Crippen LogP contribution is 2.09. The summed E-state index contributed by atoms with van der Waals surface area (Å²) in [6.07, 6.45) is 2.94. The normalized spacial score (nSPS) is 18.0. The van der Waals surface area contributed by atoms with E-state index in [2.05, 4.69) is 5.32 Å². The van der Waals surface area contributed by atoms with E-state index in [1.165, 1.54) is 0 Å². The molecule has 106 valence electrons. The van der Waals surface area contributed by atoms with E-state index in [1.54, 1.807) is 4.90 Å². The molecule has 0 spiro atoms. The average Bonchev–Trinajstić information content (AvgIpc) is 2.78. The number of nitrogens with zero attached hydrogens (tertiary/aromatic N) is 1. The van der Waals surface area contributed by atoms with Crippen molar-refractivity contribution in [1.82, 2.24) is 10.2 Å². The van der Waals surface area contributed by atoms with E-state index in [-0.39, 0.29) is 23.5 Å². The van der Waals surface area contributed by atoms with Gasteiger partial charge in [-0.3, -0.25) is 4.79 Å². The van der Waals surface area contributed by atoms with Crippen LogP contribution < -0.4 is 5.32 Å². The molecule has 18 heavy (non-hydrogen) atoms. The molecule has 5 nitrogen and oxygen atoms in total. The van der Waals surface area contributed by atoms with Gasteiger partial charge in [-0.25, -0.2) is 8.42 Å². The number of carbonyl (C=O) groups is 1. The zero-order valence-corrected chi connectivity index (χ0v) is 12.1. The lowest BCUT2D eigenvalue weighted by molar-refractivity contribution is -0.127. The van der Waals surface area contributed by atoms with Crippen LogP contribution in [0.3, 0.4) is 0 Å². The summed E-state index contributed by atoms with van der Waals surface area (Å²) >= 11 is 0. The maximum Gasteiger partial charge on any atom is 0.237 e. The van der Waals surface area contributed by atoms with Gasteiger partial charge in [-0.1, -0.05) is 6.92 Å². The summed E-state index contributed by atoms with van der Waals surface area (Å²) in [5, 5.41) is 3.13. The summed E-state index contributed by atoms with van der Waals surface area (Å²) in [6.45, 7) is 6.09. The van der Waals surface area contributed by atoms with E-state index < -0.39 is 9.84 Å². The standard InChI is InChI=1S/C12H24N2O3S/c1-3-6-13-11(2)9-18(16,17)10-12(15)14-7-4-5-8-14/h11,13H,3-10H2,1-2H3. The Balaban J connectivity index is 2.40. The van der Waals surface area contributed by atoms with Gasteiger partial charge in [0.25, 0.3) is 0 Å². The zero-order valence-electron chi connectivity index (χ0n) is 11.3. The fourth-order valence-electron chi connectivity index (χ4n) is 2.14. The lowest BCUT2D eigenvalue weighted by Crippen LogP contribution is -2.39. The predicted octanol–water partition coefficient (Wildman–Crippen LogP) is 0.412. The maximum atomic E-state index is 11.9. The van der Waals surface area contributed by atoms with Crippen LogP contribution >= 0.6 is 0 Å². The Hall–Kier alpha value is -0.620. The average molecular weight is 276 g/mol. The van der Waals surface area contributed by atoms with Crippen molar-refractivity contribution in [1.29, 1.82) is 0 Å². The van der Waals surface area contributed by atoms with E-state index in [1.807, 2.05) is 13.8 Å². The minimum atomic E-state index is -3.30. The Morgan fingerprint density at radius 1 is 1.33 bits per heavy atom. The molecule has 0 aromatic rings. The molecule has 1 aliphatic rings. The molecule has 0 aliphatic carbocycles. The number of hydrogen-bond acceptors (Lipinski definition) is 4. The molecule has 1 aliphatic heterocycles. The van der Waals surface area contributed by atoms with Crippen molar-refractivity contribution in [3.8, 4) is 0 Å². The number of likely N-dealkylation sites (tertiary alicyclic amines) is 1. The molecule has 0 aromatic heterocycles. The van der Waals surface area contributed by atoms with Crippen LogP contribution in [0.15, 0.2) is 0 Å². The van der Waals surface area contributed by atoms with Gasteiger partial charge in [-0.2, -0.15) is 0 Å². The number of carbonyl (C=O) groups excluding carboxylic acids is 1. The van der Waals surface area contributed by atoms with Crippen molar-refractivity contribution in [3.63, 3.8) is 0 Å². The first-order valence-corrected chi connectivity index (χ1v) is 8.48. The fourth-order valence-corrected chi connectivity index (χ4v) is 3.69.